The SMILES string of the molecule is COc1ccc(Nc2cc(Nc3ccc(C(=O)O)cc3)ncn2)cc1Cl. The summed E-state index contributed by atoms with van der Waals surface area (Å²) in [6.07, 6.45) is 1.42. The number of carbonyl (C=O) groups is 1. The van der Waals surface area contributed by atoms with Crippen molar-refractivity contribution in [1.82, 2.24) is 9.97 Å². The van der Waals surface area contributed by atoms with E-state index in [1.165, 1.54) is 18.5 Å². The molecule has 0 amide bonds. The normalized spacial score (nSPS) is 10.2. The highest BCUT2D eigenvalue weighted by molar-refractivity contribution is 6.32. The molecule has 3 aromatic rings. The summed E-state index contributed by atoms with van der Waals surface area (Å²) in [4.78, 5) is 19.2. The summed E-state index contributed by atoms with van der Waals surface area (Å²) >= 11 is 6.12. The molecular weight excluding hydrogens is 356 g/mol. The van der Waals surface area contributed by atoms with E-state index in [1.54, 1.807) is 37.4 Å². The number of hydrogen-bond acceptors (Lipinski definition) is 6. The van der Waals surface area contributed by atoms with Gasteiger partial charge >= 0.3 is 5.97 Å². The number of nitrogens with one attached hydrogen (secondary N) is 2. The average Bonchev–Trinajstić information content (AvgIpc) is 2.63. The predicted molar refractivity (Wildman–Crippen MR) is 100 cm³/mol. The molecule has 8 heteroatoms. The number of hydrogen-bond donors (Lipinski definition) is 3. The van der Waals surface area contributed by atoms with E-state index in [0.717, 1.165) is 5.69 Å². The molecule has 0 fully saturated rings. The molecule has 0 atom stereocenters. The summed E-state index contributed by atoms with van der Waals surface area (Å²) in [5, 5.41) is 15.7. The van der Waals surface area contributed by atoms with Gasteiger partial charge in [0.2, 0.25) is 0 Å². The third-order valence-corrected chi connectivity index (χ3v) is 3.79. The van der Waals surface area contributed by atoms with Crippen LogP contribution in [0.4, 0.5) is 23.0 Å². The molecule has 26 heavy (non-hydrogen) atoms. The maximum atomic E-state index is 10.9. The standard InChI is InChI=1S/C18H15ClN4O3/c1-26-15-7-6-13(8-14(15)19)23-17-9-16(20-10-21-17)22-12-4-2-11(3-5-12)18(24)25/h2-10H,1H3,(H,24,25)(H2,20,21,22,23). The van der Waals surface area contributed by atoms with Crippen LogP contribution < -0.4 is 15.4 Å². The van der Waals surface area contributed by atoms with Crippen molar-refractivity contribution < 1.29 is 14.6 Å². The number of rotatable bonds is 6. The first-order chi connectivity index (χ1) is 12.5. The lowest BCUT2D eigenvalue weighted by Gasteiger charge is -2.10. The molecule has 3 N–H and O–H groups in total. The van der Waals surface area contributed by atoms with Gasteiger partial charge in [0.05, 0.1) is 17.7 Å². The Balaban J connectivity index is 1.73. The van der Waals surface area contributed by atoms with Crippen molar-refractivity contribution in [1.29, 1.82) is 0 Å². The fourth-order valence-electron chi connectivity index (χ4n) is 2.23. The molecule has 0 bridgehead atoms. The van der Waals surface area contributed by atoms with Gasteiger partial charge in [0.25, 0.3) is 0 Å². The highest BCUT2D eigenvalue weighted by Crippen LogP contribution is 2.28. The smallest absolute Gasteiger partial charge is 0.335 e. The Morgan fingerprint density at radius 1 is 1.00 bits per heavy atom. The molecular formula is C18H15ClN4O3. The zero-order valence-electron chi connectivity index (χ0n) is 13.7. The van der Waals surface area contributed by atoms with Crippen LogP contribution in [0.2, 0.25) is 5.02 Å². The molecule has 1 heterocycles. The monoisotopic (exact) mass is 370 g/mol. The Morgan fingerprint density at radius 3 is 2.19 bits per heavy atom. The van der Waals surface area contributed by atoms with Crippen LogP contribution in [-0.2, 0) is 0 Å². The van der Waals surface area contributed by atoms with E-state index < -0.39 is 5.97 Å². The minimum atomic E-state index is -0.969. The summed E-state index contributed by atoms with van der Waals surface area (Å²) < 4.78 is 5.13. The number of halogens is 1. The van der Waals surface area contributed by atoms with Crippen LogP contribution in [0.3, 0.4) is 0 Å². The van der Waals surface area contributed by atoms with Gasteiger partial charge in [0.1, 0.15) is 23.7 Å². The van der Waals surface area contributed by atoms with Crippen LogP contribution in [0.5, 0.6) is 5.75 Å². The van der Waals surface area contributed by atoms with Gasteiger partial charge in [-0.1, -0.05) is 11.6 Å². The molecule has 0 spiro atoms. The Labute approximate surface area is 154 Å². The average molecular weight is 371 g/mol. The molecule has 132 valence electrons. The van der Waals surface area contributed by atoms with Crippen molar-refractivity contribution in [3.05, 3.63) is 65.4 Å². The van der Waals surface area contributed by atoms with Crippen molar-refractivity contribution in [2.75, 3.05) is 17.7 Å². The van der Waals surface area contributed by atoms with E-state index in [4.69, 9.17) is 21.4 Å². The van der Waals surface area contributed by atoms with Gasteiger partial charge in [-0.15, -0.1) is 0 Å². The van der Waals surface area contributed by atoms with E-state index in [1.807, 2.05) is 6.07 Å². The molecule has 0 aliphatic carbocycles. The Kier molecular flexibility index (Phi) is 5.19. The first-order valence-electron chi connectivity index (χ1n) is 7.58. The molecule has 0 unspecified atom stereocenters. The minimum Gasteiger partial charge on any atom is -0.495 e. The van der Waals surface area contributed by atoms with Crippen LogP contribution in [-0.4, -0.2) is 28.2 Å². The van der Waals surface area contributed by atoms with Gasteiger partial charge in [0, 0.05) is 17.4 Å². The van der Waals surface area contributed by atoms with Gasteiger partial charge in [-0.3, -0.25) is 0 Å². The molecule has 0 aliphatic rings. The topological polar surface area (TPSA) is 96.4 Å². The fourth-order valence-corrected chi connectivity index (χ4v) is 2.49. The van der Waals surface area contributed by atoms with Crippen molar-refractivity contribution in [2.45, 2.75) is 0 Å². The van der Waals surface area contributed by atoms with E-state index >= 15 is 0 Å². The maximum absolute atomic E-state index is 10.9. The number of carboxylic acids is 1. The molecule has 0 saturated heterocycles. The predicted octanol–water partition coefficient (Wildman–Crippen LogP) is 4.32. The van der Waals surface area contributed by atoms with Gasteiger partial charge in [-0.2, -0.15) is 0 Å². The highest BCUT2D eigenvalue weighted by Gasteiger charge is 2.05. The van der Waals surface area contributed by atoms with Crippen molar-refractivity contribution in [3.63, 3.8) is 0 Å². The second kappa shape index (κ2) is 7.71. The second-order valence-corrected chi connectivity index (χ2v) is 5.68. The second-order valence-electron chi connectivity index (χ2n) is 5.27. The summed E-state index contributed by atoms with van der Waals surface area (Å²) in [7, 11) is 1.56. The zero-order valence-corrected chi connectivity index (χ0v) is 14.5. The third kappa shape index (κ3) is 4.20. The van der Waals surface area contributed by atoms with E-state index in [0.29, 0.717) is 28.1 Å². The number of aromatic carboxylic acids is 1. The Hall–Kier alpha value is -3.32. The number of carboxylic acid groups (broad SMARTS) is 1. The highest BCUT2D eigenvalue weighted by atomic mass is 35.5. The molecule has 7 nitrogen and oxygen atoms in total. The molecule has 0 aliphatic heterocycles. The Morgan fingerprint density at radius 2 is 1.62 bits per heavy atom. The lowest BCUT2D eigenvalue weighted by Crippen LogP contribution is -2.00. The van der Waals surface area contributed by atoms with Crippen LogP contribution in [0.1, 0.15) is 10.4 Å². The molecule has 3 rings (SSSR count). The van der Waals surface area contributed by atoms with Crippen LogP contribution in [0, 0.1) is 0 Å². The van der Waals surface area contributed by atoms with E-state index in [9.17, 15) is 4.79 Å². The van der Waals surface area contributed by atoms with Crippen LogP contribution in [0.15, 0.2) is 54.9 Å². The first kappa shape index (κ1) is 17.5. The van der Waals surface area contributed by atoms with Gasteiger partial charge < -0.3 is 20.5 Å². The minimum absolute atomic E-state index is 0.219. The van der Waals surface area contributed by atoms with Crippen molar-refractivity contribution >= 4 is 40.6 Å². The first-order valence-corrected chi connectivity index (χ1v) is 7.96. The number of methoxy groups -OCH3 is 1. The van der Waals surface area contributed by atoms with E-state index in [-0.39, 0.29) is 5.56 Å². The Bertz CT molecular complexity index is 932. The number of benzene rings is 2. The van der Waals surface area contributed by atoms with Crippen LogP contribution >= 0.6 is 11.6 Å². The van der Waals surface area contributed by atoms with Crippen LogP contribution in [0.25, 0.3) is 0 Å². The zero-order chi connectivity index (χ0) is 18.5. The summed E-state index contributed by atoms with van der Waals surface area (Å²) in [5.41, 5.74) is 1.69. The molecule has 0 saturated carbocycles. The number of anilines is 4. The van der Waals surface area contributed by atoms with Gasteiger partial charge in [-0.05, 0) is 42.5 Å². The summed E-state index contributed by atoms with van der Waals surface area (Å²) in [6, 6.07) is 13.4. The lowest BCUT2D eigenvalue weighted by molar-refractivity contribution is 0.0697. The van der Waals surface area contributed by atoms with Crippen molar-refractivity contribution in [2.24, 2.45) is 0 Å². The lowest BCUT2D eigenvalue weighted by atomic mass is 10.2. The quantitative estimate of drug-likeness (QED) is 0.594. The largest absolute Gasteiger partial charge is 0.495 e. The van der Waals surface area contributed by atoms with Gasteiger partial charge in [0.15, 0.2) is 0 Å². The van der Waals surface area contributed by atoms with Crippen molar-refractivity contribution in [3.8, 4) is 5.75 Å². The number of ether oxygens (including phenoxy) is 1. The molecule has 1 aromatic heterocycles. The summed E-state index contributed by atoms with van der Waals surface area (Å²) in [6.45, 7) is 0. The summed E-state index contributed by atoms with van der Waals surface area (Å²) in [5.74, 6) is 0.756. The van der Waals surface area contributed by atoms with E-state index in [2.05, 4.69) is 20.6 Å². The maximum Gasteiger partial charge on any atom is 0.335 e. The van der Waals surface area contributed by atoms with Gasteiger partial charge in [-0.25, -0.2) is 14.8 Å². The third-order valence-electron chi connectivity index (χ3n) is 3.50. The number of aromatic nitrogens is 2. The fraction of sp³-hybridized carbons (Fsp3) is 0.0556. The molecule has 2 aromatic carbocycles. The number of nitrogens with zero attached hydrogens (tertiary/aromatic N) is 2. The molecule has 0 radical (unpaired) electrons.